The smallest absolute Gasteiger partial charge is 0.264 e. The van der Waals surface area contributed by atoms with E-state index in [1.165, 1.54) is 17.0 Å². The molecular formula is C38H41Cl2N3O4S. The third-order valence-electron chi connectivity index (χ3n) is 8.95. The highest BCUT2D eigenvalue weighted by atomic mass is 35.5. The number of sulfonamides is 1. The summed E-state index contributed by atoms with van der Waals surface area (Å²) in [6, 6.07) is 27.1. The first kappa shape index (κ1) is 35.5. The summed E-state index contributed by atoms with van der Waals surface area (Å²) in [7, 11) is -4.18. The number of rotatable bonds is 12. The lowest BCUT2D eigenvalue weighted by Crippen LogP contribution is -2.55. The van der Waals surface area contributed by atoms with Gasteiger partial charge in [-0.15, -0.1) is 0 Å². The van der Waals surface area contributed by atoms with Crippen LogP contribution in [0.5, 0.6) is 0 Å². The summed E-state index contributed by atoms with van der Waals surface area (Å²) in [6.45, 7) is 3.33. The number of halogens is 2. The molecule has 2 amide bonds. The molecule has 1 saturated carbocycles. The van der Waals surface area contributed by atoms with Crippen LogP contribution in [0.3, 0.4) is 0 Å². The second kappa shape index (κ2) is 16.0. The predicted molar refractivity (Wildman–Crippen MR) is 193 cm³/mol. The van der Waals surface area contributed by atoms with Gasteiger partial charge in [0.15, 0.2) is 0 Å². The topological polar surface area (TPSA) is 86.8 Å². The SMILES string of the molecule is Cc1ccc(N(CC(=O)N(Cc2ccc(Cl)c(Cl)c2)[C@H](Cc2ccccc2)C(=O)NC2CCCCC2)S(=O)(=O)c2ccccc2)cc1C. The van der Waals surface area contributed by atoms with E-state index in [1.807, 2.05) is 50.2 Å². The van der Waals surface area contributed by atoms with Crippen LogP contribution in [0.25, 0.3) is 0 Å². The molecule has 4 aromatic carbocycles. The van der Waals surface area contributed by atoms with Gasteiger partial charge in [-0.1, -0.05) is 103 Å². The van der Waals surface area contributed by atoms with Crippen molar-refractivity contribution < 1.29 is 18.0 Å². The van der Waals surface area contributed by atoms with E-state index < -0.39 is 28.5 Å². The van der Waals surface area contributed by atoms with Crippen LogP contribution in [-0.2, 0) is 32.6 Å². The molecule has 0 radical (unpaired) electrons. The maximum Gasteiger partial charge on any atom is 0.264 e. The van der Waals surface area contributed by atoms with Gasteiger partial charge in [-0.3, -0.25) is 13.9 Å². The van der Waals surface area contributed by atoms with E-state index in [-0.39, 0.29) is 29.8 Å². The van der Waals surface area contributed by atoms with E-state index in [9.17, 15) is 18.0 Å². The van der Waals surface area contributed by atoms with Crippen molar-refractivity contribution in [2.24, 2.45) is 0 Å². The largest absolute Gasteiger partial charge is 0.352 e. The maximum absolute atomic E-state index is 14.7. The summed E-state index contributed by atoms with van der Waals surface area (Å²) < 4.78 is 29.6. The molecule has 0 saturated heterocycles. The first-order valence-corrected chi connectivity index (χ1v) is 18.5. The molecule has 1 aliphatic carbocycles. The van der Waals surface area contributed by atoms with Gasteiger partial charge in [0.25, 0.3) is 10.0 Å². The second-order valence-electron chi connectivity index (χ2n) is 12.4. The van der Waals surface area contributed by atoms with Crippen LogP contribution in [0.4, 0.5) is 5.69 Å². The highest BCUT2D eigenvalue weighted by Gasteiger charge is 2.35. The van der Waals surface area contributed by atoms with Crippen molar-refractivity contribution in [1.29, 1.82) is 0 Å². The zero-order chi connectivity index (χ0) is 34.3. The fraction of sp³-hybridized carbons (Fsp3) is 0.316. The molecule has 7 nitrogen and oxygen atoms in total. The minimum Gasteiger partial charge on any atom is -0.352 e. The zero-order valence-corrected chi connectivity index (χ0v) is 29.6. The molecule has 1 aliphatic rings. The second-order valence-corrected chi connectivity index (χ2v) is 15.1. The number of hydrogen-bond donors (Lipinski definition) is 1. The van der Waals surface area contributed by atoms with E-state index in [2.05, 4.69) is 5.32 Å². The minimum atomic E-state index is -4.18. The normalized spacial score (nSPS) is 14.2. The van der Waals surface area contributed by atoms with Crippen molar-refractivity contribution in [3.8, 4) is 0 Å². The van der Waals surface area contributed by atoms with Crippen molar-refractivity contribution in [1.82, 2.24) is 10.2 Å². The summed E-state index contributed by atoms with van der Waals surface area (Å²) >= 11 is 12.6. The van der Waals surface area contributed by atoms with Crippen LogP contribution in [0.15, 0.2) is 102 Å². The van der Waals surface area contributed by atoms with Crippen LogP contribution in [0, 0.1) is 13.8 Å². The van der Waals surface area contributed by atoms with E-state index in [4.69, 9.17) is 23.2 Å². The van der Waals surface area contributed by atoms with Gasteiger partial charge < -0.3 is 10.2 Å². The number of nitrogens with one attached hydrogen (secondary N) is 1. The zero-order valence-electron chi connectivity index (χ0n) is 27.2. The molecule has 0 aromatic heterocycles. The summed E-state index contributed by atoms with van der Waals surface area (Å²) in [5.41, 5.74) is 3.76. The first-order valence-electron chi connectivity index (χ1n) is 16.3. The fourth-order valence-corrected chi connectivity index (χ4v) is 7.81. The van der Waals surface area contributed by atoms with Gasteiger partial charge in [0.05, 0.1) is 20.6 Å². The number of nitrogens with zero attached hydrogens (tertiary/aromatic N) is 2. The van der Waals surface area contributed by atoms with Crippen LogP contribution < -0.4 is 9.62 Å². The van der Waals surface area contributed by atoms with E-state index in [0.717, 1.165) is 53.1 Å². The summed E-state index contributed by atoms with van der Waals surface area (Å²) in [5, 5.41) is 3.90. The molecule has 1 atom stereocenters. The molecule has 48 heavy (non-hydrogen) atoms. The average molecular weight is 707 g/mol. The molecule has 4 aromatic rings. The minimum absolute atomic E-state index is 0.0111. The van der Waals surface area contributed by atoms with Gasteiger partial charge in [0.2, 0.25) is 11.8 Å². The number of benzene rings is 4. The Morgan fingerprint density at radius 3 is 2.10 bits per heavy atom. The number of carbonyl (C=O) groups excluding carboxylic acids is 2. The third-order valence-corrected chi connectivity index (χ3v) is 11.5. The Labute approximate surface area is 293 Å². The van der Waals surface area contributed by atoms with E-state index >= 15 is 0 Å². The van der Waals surface area contributed by atoms with Gasteiger partial charge in [-0.25, -0.2) is 8.42 Å². The molecule has 5 rings (SSSR count). The number of carbonyl (C=O) groups is 2. The van der Waals surface area contributed by atoms with Gasteiger partial charge in [0.1, 0.15) is 12.6 Å². The Balaban J connectivity index is 1.58. The van der Waals surface area contributed by atoms with E-state index in [1.54, 1.807) is 48.5 Å². The number of hydrogen-bond acceptors (Lipinski definition) is 4. The Bertz CT molecular complexity index is 1830. The van der Waals surface area contributed by atoms with Gasteiger partial charge in [-0.2, -0.15) is 0 Å². The summed E-state index contributed by atoms with van der Waals surface area (Å²) in [5.74, 6) is -0.804. The molecule has 0 heterocycles. The van der Waals surface area contributed by atoms with Crippen molar-refractivity contribution >= 4 is 50.7 Å². The van der Waals surface area contributed by atoms with Gasteiger partial charge in [0, 0.05) is 19.0 Å². The molecule has 10 heteroatoms. The van der Waals surface area contributed by atoms with Crippen molar-refractivity contribution in [2.75, 3.05) is 10.8 Å². The Morgan fingerprint density at radius 2 is 1.46 bits per heavy atom. The lowest BCUT2D eigenvalue weighted by molar-refractivity contribution is -0.140. The molecule has 0 aliphatic heterocycles. The van der Waals surface area contributed by atoms with E-state index in [0.29, 0.717) is 21.3 Å². The molecule has 0 spiro atoms. The molecule has 1 N–H and O–H groups in total. The number of aryl methyl sites for hydroxylation is 2. The average Bonchev–Trinajstić information content (AvgIpc) is 3.09. The van der Waals surface area contributed by atoms with Crippen molar-refractivity contribution in [2.45, 2.75) is 75.9 Å². The van der Waals surface area contributed by atoms with Crippen molar-refractivity contribution in [3.63, 3.8) is 0 Å². The highest BCUT2D eigenvalue weighted by Crippen LogP contribution is 2.28. The molecular weight excluding hydrogens is 665 g/mol. The fourth-order valence-electron chi connectivity index (χ4n) is 6.06. The van der Waals surface area contributed by atoms with Crippen LogP contribution >= 0.6 is 23.2 Å². The lowest BCUT2D eigenvalue weighted by atomic mass is 9.94. The van der Waals surface area contributed by atoms with Gasteiger partial charge in [-0.05, 0) is 85.3 Å². The van der Waals surface area contributed by atoms with Crippen LogP contribution in [0.1, 0.15) is 54.4 Å². The van der Waals surface area contributed by atoms with Crippen LogP contribution in [0.2, 0.25) is 10.0 Å². The quantitative estimate of drug-likeness (QED) is 0.162. The Morgan fingerprint density at radius 1 is 0.792 bits per heavy atom. The summed E-state index contributed by atoms with van der Waals surface area (Å²) in [4.78, 5) is 30.5. The Kier molecular flexibility index (Phi) is 11.8. The monoisotopic (exact) mass is 705 g/mol. The van der Waals surface area contributed by atoms with Gasteiger partial charge >= 0.3 is 0 Å². The molecule has 0 bridgehead atoms. The third kappa shape index (κ3) is 8.78. The number of amides is 2. The standard InChI is InChI=1S/C38H41Cl2N3O4S/c1-27-18-20-32(22-28(27)2)43(48(46,47)33-16-10-5-11-17-33)26-37(44)42(25-30-19-21-34(39)35(40)23-30)36(24-29-12-6-3-7-13-29)38(45)41-31-14-8-4-9-15-31/h3,5-7,10-13,16-23,31,36H,4,8-9,14-15,24-26H2,1-2H3,(H,41,45)/t36-/m1/s1. The van der Waals surface area contributed by atoms with Crippen molar-refractivity contribution in [3.05, 3.63) is 129 Å². The Hall–Kier alpha value is -3.85. The maximum atomic E-state index is 14.7. The molecule has 0 unspecified atom stereocenters. The molecule has 252 valence electrons. The summed E-state index contributed by atoms with van der Waals surface area (Å²) in [6.07, 6.45) is 5.18. The number of anilines is 1. The van der Waals surface area contributed by atoms with Crippen LogP contribution in [-0.4, -0.2) is 43.8 Å². The predicted octanol–water partition coefficient (Wildman–Crippen LogP) is 7.89. The highest BCUT2D eigenvalue weighted by molar-refractivity contribution is 7.92. The first-order chi connectivity index (χ1) is 23.0. The lowest BCUT2D eigenvalue weighted by Gasteiger charge is -2.35. The molecule has 1 fully saturated rings.